The molecule has 1 saturated heterocycles. The summed E-state index contributed by atoms with van der Waals surface area (Å²) >= 11 is 5.67. The average molecular weight is 320 g/mol. The second-order valence-electron chi connectivity index (χ2n) is 5.80. The lowest BCUT2D eigenvalue weighted by Gasteiger charge is -2.46. The van der Waals surface area contributed by atoms with Gasteiger partial charge in [-0.3, -0.25) is 0 Å². The molecule has 0 radical (unpaired) electrons. The van der Waals surface area contributed by atoms with Crippen LogP contribution < -0.4 is 0 Å². The molecule has 116 valence electrons. The summed E-state index contributed by atoms with van der Waals surface area (Å²) in [6.07, 6.45) is -1.91. The Hall–Kier alpha value is -0.980. The van der Waals surface area contributed by atoms with Gasteiger partial charge in [0, 0.05) is 6.54 Å². The molecule has 21 heavy (non-hydrogen) atoms. The first-order chi connectivity index (χ1) is 9.80. The molecule has 1 aromatic rings. The third-order valence-electron chi connectivity index (χ3n) is 4.37. The molecule has 3 rings (SSSR count). The zero-order chi connectivity index (χ0) is 15.3. The maximum atomic E-state index is 12.6. The number of aliphatic hydroxyl groups excluding tert-OH is 1. The molecule has 3 nitrogen and oxygen atoms in total. The molecule has 2 aliphatic rings. The van der Waals surface area contributed by atoms with E-state index in [1.165, 1.54) is 12.1 Å². The third-order valence-corrected chi connectivity index (χ3v) is 4.68. The summed E-state index contributed by atoms with van der Waals surface area (Å²) in [5.41, 5.74) is 3.85. The van der Waals surface area contributed by atoms with Gasteiger partial charge in [0.1, 0.15) is 0 Å². The van der Waals surface area contributed by atoms with Crippen LogP contribution in [0.5, 0.6) is 0 Å². The molecule has 1 heterocycles. The van der Waals surface area contributed by atoms with Crippen LogP contribution in [-0.4, -0.2) is 29.3 Å². The molecule has 0 bridgehead atoms. The van der Waals surface area contributed by atoms with Crippen LogP contribution in [0.3, 0.4) is 0 Å². The Balaban J connectivity index is 1.67. The Morgan fingerprint density at radius 2 is 2.00 bits per heavy atom. The monoisotopic (exact) mass is 319 g/mol. The number of halogens is 4. The molecule has 1 N–H and O–H groups in total. The van der Waals surface area contributed by atoms with Crippen molar-refractivity contribution in [3.8, 4) is 0 Å². The predicted molar refractivity (Wildman–Crippen MR) is 73.3 cm³/mol. The highest BCUT2D eigenvalue weighted by atomic mass is 35.5. The summed E-state index contributed by atoms with van der Waals surface area (Å²) in [6.45, 7) is 1.12. The molecule has 1 spiro atoms. The van der Waals surface area contributed by atoms with E-state index < -0.39 is 17.8 Å². The van der Waals surface area contributed by atoms with Crippen LogP contribution in [0.4, 0.5) is 18.9 Å². The van der Waals surface area contributed by atoms with Crippen LogP contribution in [0.1, 0.15) is 24.8 Å². The number of rotatable bonds is 2. The molecule has 1 aliphatic heterocycles. The zero-order valence-electron chi connectivity index (χ0n) is 11.2. The van der Waals surface area contributed by atoms with Gasteiger partial charge in [-0.2, -0.15) is 13.2 Å². The predicted octanol–water partition coefficient (Wildman–Crippen LogP) is 4.13. The summed E-state index contributed by atoms with van der Waals surface area (Å²) in [7, 11) is 0. The number of nitrogens with zero attached hydrogens (tertiary/aromatic N) is 2. The Morgan fingerprint density at radius 3 is 2.52 bits per heavy atom. The minimum absolute atomic E-state index is 0.0732. The third kappa shape index (κ3) is 2.98. The summed E-state index contributed by atoms with van der Waals surface area (Å²) in [4.78, 5) is 0. The summed E-state index contributed by atoms with van der Waals surface area (Å²) in [5.74, 6) is 0. The minimum Gasteiger partial charge on any atom is -0.620 e. The molecule has 1 aromatic carbocycles. The van der Waals surface area contributed by atoms with E-state index in [-0.39, 0.29) is 10.4 Å². The van der Waals surface area contributed by atoms with Crippen molar-refractivity contribution in [3.05, 3.63) is 34.2 Å². The van der Waals surface area contributed by atoms with E-state index in [9.17, 15) is 18.3 Å². The van der Waals surface area contributed by atoms with Crippen molar-refractivity contribution in [2.24, 2.45) is 5.41 Å². The molecule has 7 heteroatoms. The standard InChI is InChI=1S/C14H15ClF3N2O/c15-11-7-9(1-2-10(11)14(16,17)18)19-20-6-5-13(3-4-13)12(21)8-20/h1-2,7,12,21H,3-6,8H2/q-1/t12-/m1/s1. The van der Waals surface area contributed by atoms with E-state index in [0.29, 0.717) is 18.8 Å². The van der Waals surface area contributed by atoms with Gasteiger partial charge in [0.15, 0.2) is 0 Å². The second-order valence-corrected chi connectivity index (χ2v) is 6.21. The van der Waals surface area contributed by atoms with Gasteiger partial charge >= 0.3 is 6.18 Å². The first kappa shape index (κ1) is 14.9. The van der Waals surface area contributed by atoms with E-state index in [1.54, 1.807) is 5.01 Å². The molecule has 1 atom stereocenters. The minimum atomic E-state index is -4.46. The molecule has 1 aliphatic carbocycles. The largest absolute Gasteiger partial charge is 0.620 e. The Morgan fingerprint density at radius 1 is 1.29 bits per heavy atom. The second kappa shape index (κ2) is 5.04. The molecule has 2 fully saturated rings. The zero-order valence-corrected chi connectivity index (χ0v) is 12.0. The van der Waals surface area contributed by atoms with Crippen LogP contribution in [0.2, 0.25) is 5.02 Å². The van der Waals surface area contributed by atoms with Crippen LogP contribution in [0.15, 0.2) is 18.2 Å². The normalized spacial score (nSPS) is 25.1. The van der Waals surface area contributed by atoms with Gasteiger partial charge in [-0.25, -0.2) is 0 Å². The maximum absolute atomic E-state index is 12.6. The number of hydrogen-bond donors (Lipinski definition) is 1. The number of β-amino-alcohol motifs (C(OH)–C–C–N with tert-alkyl or cyclic N) is 1. The molecule has 0 aromatic heterocycles. The Bertz CT molecular complexity index is 546. The summed E-state index contributed by atoms with van der Waals surface area (Å²) < 4.78 is 37.9. The molecule has 1 saturated carbocycles. The van der Waals surface area contributed by atoms with E-state index in [1.807, 2.05) is 0 Å². The lowest BCUT2D eigenvalue weighted by molar-refractivity contribution is -0.137. The maximum Gasteiger partial charge on any atom is 0.417 e. The fraction of sp³-hybridized carbons (Fsp3) is 0.571. The number of aliphatic hydroxyl groups is 1. The van der Waals surface area contributed by atoms with Gasteiger partial charge in [0.25, 0.3) is 0 Å². The lowest BCUT2D eigenvalue weighted by atomic mass is 9.91. The molecule has 0 amide bonds. The van der Waals surface area contributed by atoms with E-state index in [2.05, 4.69) is 5.43 Å². The highest BCUT2D eigenvalue weighted by Crippen LogP contribution is 2.54. The SMILES string of the molecule is O[C@@H]1CN([N-]c2ccc(C(F)(F)F)c(Cl)c2)CCC12CC2. The fourth-order valence-corrected chi connectivity index (χ4v) is 3.08. The van der Waals surface area contributed by atoms with Crippen LogP contribution >= 0.6 is 11.6 Å². The van der Waals surface area contributed by atoms with Gasteiger partial charge in [0.05, 0.1) is 16.7 Å². The van der Waals surface area contributed by atoms with Crippen molar-refractivity contribution in [1.29, 1.82) is 0 Å². The number of piperidine rings is 1. The van der Waals surface area contributed by atoms with Crippen LogP contribution in [-0.2, 0) is 6.18 Å². The van der Waals surface area contributed by atoms with E-state index >= 15 is 0 Å². The first-order valence-corrected chi connectivity index (χ1v) is 7.19. The van der Waals surface area contributed by atoms with Gasteiger partial charge in [0.2, 0.25) is 0 Å². The van der Waals surface area contributed by atoms with Crippen LogP contribution in [0.25, 0.3) is 5.43 Å². The van der Waals surface area contributed by atoms with E-state index in [4.69, 9.17) is 11.6 Å². The lowest BCUT2D eigenvalue weighted by Crippen LogP contribution is -2.42. The summed E-state index contributed by atoms with van der Waals surface area (Å²) in [6, 6.07) is 3.44. The Kier molecular flexibility index (Phi) is 3.58. The highest BCUT2D eigenvalue weighted by molar-refractivity contribution is 6.31. The average Bonchev–Trinajstić information content (AvgIpc) is 3.14. The smallest absolute Gasteiger partial charge is 0.417 e. The van der Waals surface area contributed by atoms with Crippen molar-refractivity contribution in [1.82, 2.24) is 5.01 Å². The first-order valence-electron chi connectivity index (χ1n) is 6.82. The fourth-order valence-electron chi connectivity index (χ4n) is 2.80. The van der Waals surface area contributed by atoms with Crippen molar-refractivity contribution in [3.63, 3.8) is 0 Å². The number of hydrogen-bond acceptors (Lipinski definition) is 2. The topological polar surface area (TPSA) is 37.6 Å². The van der Waals surface area contributed by atoms with Crippen molar-refractivity contribution in [2.75, 3.05) is 13.1 Å². The molecule has 0 unspecified atom stereocenters. The summed E-state index contributed by atoms with van der Waals surface area (Å²) in [5, 5.41) is 11.4. The van der Waals surface area contributed by atoms with E-state index in [0.717, 1.165) is 25.3 Å². The number of alkyl halides is 3. The Labute approximate surface area is 125 Å². The van der Waals surface area contributed by atoms with Crippen molar-refractivity contribution >= 4 is 17.3 Å². The van der Waals surface area contributed by atoms with Gasteiger partial charge in [-0.1, -0.05) is 23.7 Å². The molecular formula is C14H15ClF3N2O-. The number of benzene rings is 1. The van der Waals surface area contributed by atoms with Gasteiger partial charge in [-0.15, -0.1) is 5.69 Å². The highest BCUT2D eigenvalue weighted by Gasteiger charge is 2.50. The van der Waals surface area contributed by atoms with Crippen LogP contribution in [0, 0.1) is 5.41 Å². The molecular weight excluding hydrogens is 305 g/mol. The van der Waals surface area contributed by atoms with Gasteiger partial charge < -0.3 is 15.5 Å². The quantitative estimate of drug-likeness (QED) is 0.890. The van der Waals surface area contributed by atoms with Crippen molar-refractivity contribution in [2.45, 2.75) is 31.5 Å². The van der Waals surface area contributed by atoms with Gasteiger partial charge in [-0.05, 0) is 37.3 Å². The van der Waals surface area contributed by atoms with Crippen molar-refractivity contribution < 1.29 is 18.3 Å².